The van der Waals surface area contributed by atoms with E-state index in [0.29, 0.717) is 18.7 Å². The van der Waals surface area contributed by atoms with Gasteiger partial charge in [0.05, 0.1) is 10.9 Å². The summed E-state index contributed by atoms with van der Waals surface area (Å²) in [6, 6.07) is 0. The summed E-state index contributed by atoms with van der Waals surface area (Å²) in [6.45, 7) is 2.93. The molecule has 0 aromatic carbocycles. The third-order valence-electron chi connectivity index (χ3n) is 2.56. The zero-order valence-corrected chi connectivity index (χ0v) is 9.29. The Morgan fingerprint density at radius 3 is 2.73 bits per heavy atom. The Morgan fingerprint density at radius 2 is 2.13 bits per heavy atom. The van der Waals surface area contributed by atoms with Crippen molar-refractivity contribution < 1.29 is 8.42 Å². The third kappa shape index (κ3) is 1.87. The van der Waals surface area contributed by atoms with Gasteiger partial charge in [-0.2, -0.15) is 0 Å². The van der Waals surface area contributed by atoms with Crippen LogP contribution >= 0.6 is 0 Å². The average molecular weight is 227 g/mol. The molecule has 0 aliphatic carbocycles. The highest BCUT2D eigenvalue weighted by Gasteiger charge is 2.32. The topological polar surface area (TPSA) is 72.0 Å². The first-order valence-electron chi connectivity index (χ1n) is 4.84. The summed E-state index contributed by atoms with van der Waals surface area (Å²) < 4.78 is 24.2. The van der Waals surface area contributed by atoms with Gasteiger partial charge in [-0.25, -0.2) is 13.4 Å². The SMILES string of the molecule is Cc1nccnc1S(=O)(=O)[C@H]1CCNC1. The van der Waals surface area contributed by atoms with E-state index >= 15 is 0 Å². The molecule has 5 nitrogen and oxygen atoms in total. The van der Waals surface area contributed by atoms with Crippen LogP contribution in [-0.4, -0.2) is 36.7 Å². The lowest BCUT2D eigenvalue weighted by Crippen LogP contribution is -2.25. The van der Waals surface area contributed by atoms with Crippen LogP contribution in [0.25, 0.3) is 0 Å². The molecular weight excluding hydrogens is 214 g/mol. The molecule has 15 heavy (non-hydrogen) atoms. The van der Waals surface area contributed by atoms with E-state index in [2.05, 4.69) is 15.3 Å². The van der Waals surface area contributed by atoms with Gasteiger partial charge in [-0.05, 0) is 19.9 Å². The minimum absolute atomic E-state index is 0.124. The van der Waals surface area contributed by atoms with Crippen LogP contribution in [0.1, 0.15) is 12.1 Å². The average Bonchev–Trinajstić information content (AvgIpc) is 2.71. The molecule has 0 amide bonds. The molecule has 1 aromatic rings. The van der Waals surface area contributed by atoms with Crippen LogP contribution in [0.3, 0.4) is 0 Å². The number of nitrogens with zero attached hydrogens (tertiary/aromatic N) is 2. The van der Waals surface area contributed by atoms with Crippen molar-refractivity contribution in [2.24, 2.45) is 0 Å². The molecule has 2 heterocycles. The van der Waals surface area contributed by atoms with Crippen molar-refractivity contribution in [2.75, 3.05) is 13.1 Å². The van der Waals surface area contributed by atoms with E-state index in [4.69, 9.17) is 0 Å². The van der Waals surface area contributed by atoms with E-state index in [1.165, 1.54) is 12.4 Å². The van der Waals surface area contributed by atoms with Crippen molar-refractivity contribution >= 4 is 9.84 Å². The first-order chi connectivity index (χ1) is 7.12. The van der Waals surface area contributed by atoms with Crippen LogP contribution in [-0.2, 0) is 9.84 Å². The van der Waals surface area contributed by atoms with Crippen molar-refractivity contribution in [1.82, 2.24) is 15.3 Å². The summed E-state index contributed by atoms with van der Waals surface area (Å²) in [5.41, 5.74) is 0.476. The van der Waals surface area contributed by atoms with Crippen LogP contribution in [0, 0.1) is 6.92 Å². The Kier molecular flexibility index (Phi) is 2.70. The minimum atomic E-state index is -3.31. The van der Waals surface area contributed by atoms with Crippen LogP contribution in [0.5, 0.6) is 0 Å². The van der Waals surface area contributed by atoms with Gasteiger partial charge in [0.1, 0.15) is 0 Å². The molecule has 2 rings (SSSR count). The lowest BCUT2D eigenvalue weighted by Gasteiger charge is -2.10. The van der Waals surface area contributed by atoms with Crippen LogP contribution in [0.2, 0.25) is 0 Å². The zero-order chi connectivity index (χ0) is 10.9. The van der Waals surface area contributed by atoms with Crippen molar-refractivity contribution in [1.29, 1.82) is 0 Å². The summed E-state index contributed by atoms with van der Waals surface area (Å²) in [4.78, 5) is 7.87. The first kappa shape index (κ1) is 10.5. The maximum absolute atomic E-state index is 12.1. The Labute approximate surface area is 88.9 Å². The van der Waals surface area contributed by atoms with Crippen LogP contribution in [0.15, 0.2) is 17.4 Å². The van der Waals surface area contributed by atoms with Gasteiger partial charge in [-0.3, -0.25) is 4.98 Å². The molecular formula is C9H13N3O2S. The molecule has 0 saturated carbocycles. The number of sulfone groups is 1. The monoisotopic (exact) mass is 227 g/mol. The number of hydrogen-bond donors (Lipinski definition) is 1. The first-order valence-corrected chi connectivity index (χ1v) is 6.39. The fourth-order valence-corrected chi connectivity index (χ4v) is 3.48. The number of nitrogens with one attached hydrogen (secondary N) is 1. The number of hydrogen-bond acceptors (Lipinski definition) is 5. The zero-order valence-electron chi connectivity index (χ0n) is 8.47. The van der Waals surface area contributed by atoms with Gasteiger partial charge in [0, 0.05) is 18.9 Å². The summed E-state index contributed by atoms with van der Waals surface area (Å²) in [5, 5.41) is 2.81. The van der Waals surface area contributed by atoms with Gasteiger partial charge in [-0.15, -0.1) is 0 Å². The van der Waals surface area contributed by atoms with E-state index in [-0.39, 0.29) is 10.3 Å². The van der Waals surface area contributed by atoms with Gasteiger partial charge in [0.15, 0.2) is 5.03 Å². The molecule has 1 saturated heterocycles. The minimum Gasteiger partial charge on any atom is -0.315 e. The van der Waals surface area contributed by atoms with Gasteiger partial charge < -0.3 is 5.32 Å². The van der Waals surface area contributed by atoms with Crippen LogP contribution < -0.4 is 5.32 Å². The fraction of sp³-hybridized carbons (Fsp3) is 0.556. The molecule has 1 atom stereocenters. The summed E-state index contributed by atoms with van der Waals surface area (Å²) in [5.74, 6) is 0. The smallest absolute Gasteiger partial charge is 0.201 e. The Bertz CT molecular complexity index is 452. The molecule has 1 aliphatic heterocycles. The second-order valence-electron chi connectivity index (χ2n) is 3.61. The molecule has 6 heteroatoms. The third-order valence-corrected chi connectivity index (χ3v) is 4.78. The Morgan fingerprint density at radius 1 is 1.40 bits per heavy atom. The van der Waals surface area contributed by atoms with E-state index in [1.807, 2.05) is 0 Å². The maximum Gasteiger partial charge on any atom is 0.201 e. The number of aromatic nitrogens is 2. The lowest BCUT2D eigenvalue weighted by molar-refractivity contribution is 0.577. The molecule has 1 aromatic heterocycles. The fourth-order valence-electron chi connectivity index (χ4n) is 1.73. The van der Waals surface area contributed by atoms with Crippen molar-refractivity contribution in [3.63, 3.8) is 0 Å². The maximum atomic E-state index is 12.1. The van der Waals surface area contributed by atoms with Gasteiger partial charge in [0.2, 0.25) is 9.84 Å². The Hall–Kier alpha value is -1.01. The molecule has 0 radical (unpaired) electrons. The summed E-state index contributed by atoms with van der Waals surface area (Å²) in [7, 11) is -3.31. The highest BCUT2D eigenvalue weighted by atomic mass is 32.2. The predicted octanol–water partition coefficient (Wildman–Crippen LogP) is -0.0794. The molecule has 1 N–H and O–H groups in total. The summed E-state index contributed by atoms with van der Waals surface area (Å²) in [6.07, 6.45) is 3.57. The lowest BCUT2D eigenvalue weighted by atomic mass is 10.4. The highest BCUT2D eigenvalue weighted by Crippen LogP contribution is 2.19. The quantitative estimate of drug-likeness (QED) is 0.765. The molecule has 1 aliphatic rings. The van der Waals surface area contributed by atoms with E-state index in [0.717, 1.165) is 6.54 Å². The normalized spacial score (nSPS) is 21.8. The molecule has 0 unspecified atom stereocenters. The van der Waals surface area contributed by atoms with Crippen molar-refractivity contribution in [3.05, 3.63) is 18.1 Å². The van der Waals surface area contributed by atoms with Crippen molar-refractivity contribution in [3.8, 4) is 0 Å². The highest BCUT2D eigenvalue weighted by molar-refractivity contribution is 7.92. The predicted molar refractivity (Wildman–Crippen MR) is 55.2 cm³/mol. The van der Waals surface area contributed by atoms with Gasteiger partial charge in [-0.1, -0.05) is 0 Å². The second kappa shape index (κ2) is 3.86. The molecule has 0 bridgehead atoms. The van der Waals surface area contributed by atoms with Gasteiger partial charge in [0.25, 0.3) is 0 Å². The summed E-state index contributed by atoms with van der Waals surface area (Å²) >= 11 is 0. The second-order valence-corrected chi connectivity index (χ2v) is 5.75. The van der Waals surface area contributed by atoms with E-state index in [9.17, 15) is 8.42 Å². The van der Waals surface area contributed by atoms with E-state index < -0.39 is 9.84 Å². The van der Waals surface area contributed by atoms with Crippen molar-refractivity contribution in [2.45, 2.75) is 23.6 Å². The number of aryl methyl sites for hydroxylation is 1. The largest absolute Gasteiger partial charge is 0.315 e. The molecule has 82 valence electrons. The van der Waals surface area contributed by atoms with Crippen LogP contribution in [0.4, 0.5) is 0 Å². The standard InChI is InChI=1S/C9H13N3O2S/c1-7-9(12-5-4-11-7)15(13,14)8-2-3-10-6-8/h4-5,8,10H,2-3,6H2,1H3/t8-/m0/s1. The van der Waals surface area contributed by atoms with E-state index in [1.54, 1.807) is 6.92 Å². The molecule has 0 spiro atoms. The Balaban J connectivity index is 2.41. The number of rotatable bonds is 2. The molecule has 1 fully saturated rings. The van der Waals surface area contributed by atoms with Gasteiger partial charge >= 0.3 is 0 Å².